The molecule has 0 bridgehead atoms. The van der Waals surface area contributed by atoms with Crippen LogP contribution in [0.1, 0.15) is 16.6 Å². The molecule has 0 aliphatic rings. The van der Waals surface area contributed by atoms with Crippen molar-refractivity contribution in [3.8, 4) is 0 Å². The van der Waals surface area contributed by atoms with E-state index in [-0.39, 0.29) is 11.9 Å². The van der Waals surface area contributed by atoms with E-state index in [1.807, 2.05) is 6.92 Å². The number of hydrogen-bond acceptors (Lipinski definition) is 2. The van der Waals surface area contributed by atoms with Crippen LogP contribution in [-0.2, 0) is 0 Å². The zero-order valence-electron chi connectivity index (χ0n) is 7.51. The Kier molecular flexibility index (Phi) is 4.34. The standard InChI is InChI=1S/C9H9Br2NOS/c1-3-5(2)12-9(13)7-4-6(10)8(11)14-7/h3-5H,1H2,2H3,(H,12,13). The molecule has 0 saturated heterocycles. The van der Waals surface area contributed by atoms with E-state index in [9.17, 15) is 4.79 Å². The van der Waals surface area contributed by atoms with Crippen molar-refractivity contribution < 1.29 is 4.79 Å². The van der Waals surface area contributed by atoms with Gasteiger partial charge in [0.2, 0.25) is 0 Å². The van der Waals surface area contributed by atoms with Gasteiger partial charge in [-0.2, -0.15) is 0 Å². The van der Waals surface area contributed by atoms with Crippen molar-refractivity contribution in [1.82, 2.24) is 5.32 Å². The monoisotopic (exact) mass is 337 g/mol. The van der Waals surface area contributed by atoms with E-state index < -0.39 is 0 Å². The first kappa shape index (κ1) is 11.9. The van der Waals surface area contributed by atoms with Gasteiger partial charge in [0, 0.05) is 10.5 Å². The molecule has 76 valence electrons. The quantitative estimate of drug-likeness (QED) is 0.838. The van der Waals surface area contributed by atoms with Crippen molar-refractivity contribution in [2.75, 3.05) is 0 Å². The smallest absolute Gasteiger partial charge is 0.261 e. The predicted octanol–water partition coefficient (Wildman–Crippen LogP) is 3.58. The molecule has 0 radical (unpaired) electrons. The molecule has 1 atom stereocenters. The zero-order valence-corrected chi connectivity index (χ0v) is 11.5. The van der Waals surface area contributed by atoms with Crippen LogP contribution in [0.4, 0.5) is 0 Å². The molecule has 0 spiro atoms. The van der Waals surface area contributed by atoms with Gasteiger partial charge in [-0.05, 0) is 44.8 Å². The fraction of sp³-hybridized carbons (Fsp3) is 0.222. The average molecular weight is 339 g/mol. The van der Waals surface area contributed by atoms with Crippen LogP contribution in [0.2, 0.25) is 0 Å². The normalized spacial score (nSPS) is 12.2. The second-order valence-electron chi connectivity index (χ2n) is 2.73. The molecule has 0 saturated carbocycles. The first-order valence-electron chi connectivity index (χ1n) is 3.93. The maximum Gasteiger partial charge on any atom is 0.261 e. The van der Waals surface area contributed by atoms with Crippen LogP contribution in [0.15, 0.2) is 27.0 Å². The van der Waals surface area contributed by atoms with Gasteiger partial charge >= 0.3 is 0 Å². The Morgan fingerprint density at radius 1 is 1.71 bits per heavy atom. The molecule has 0 aliphatic heterocycles. The van der Waals surface area contributed by atoms with Gasteiger partial charge in [0.25, 0.3) is 5.91 Å². The van der Waals surface area contributed by atoms with E-state index in [1.54, 1.807) is 12.1 Å². The van der Waals surface area contributed by atoms with Crippen molar-refractivity contribution in [3.05, 3.63) is 31.9 Å². The Morgan fingerprint density at radius 3 is 2.79 bits per heavy atom. The van der Waals surface area contributed by atoms with Gasteiger partial charge < -0.3 is 5.32 Å². The minimum atomic E-state index is -0.0752. The lowest BCUT2D eigenvalue weighted by atomic mass is 10.3. The van der Waals surface area contributed by atoms with Gasteiger partial charge in [0.05, 0.1) is 8.66 Å². The molecule has 2 nitrogen and oxygen atoms in total. The summed E-state index contributed by atoms with van der Waals surface area (Å²) in [4.78, 5) is 12.3. The van der Waals surface area contributed by atoms with E-state index in [2.05, 4.69) is 43.8 Å². The first-order chi connectivity index (χ1) is 6.54. The number of thiophene rings is 1. The van der Waals surface area contributed by atoms with Crippen molar-refractivity contribution in [2.45, 2.75) is 13.0 Å². The summed E-state index contributed by atoms with van der Waals surface area (Å²) in [6.45, 7) is 5.48. The van der Waals surface area contributed by atoms with Crippen molar-refractivity contribution >= 4 is 49.1 Å². The van der Waals surface area contributed by atoms with Crippen molar-refractivity contribution in [1.29, 1.82) is 0 Å². The number of nitrogens with one attached hydrogen (secondary N) is 1. The Bertz CT molecular complexity index is 342. The van der Waals surface area contributed by atoms with E-state index in [4.69, 9.17) is 0 Å². The SMILES string of the molecule is C=CC(C)NC(=O)c1cc(Br)c(Br)s1. The number of amides is 1. The van der Waals surface area contributed by atoms with Crippen LogP contribution in [-0.4, -0.2) is 11.9 Å². The minimum Gasteiger partial charge on any atom is -0.345 e. The van der Waals surface area contributed by atoms with E-state index in [1.165, 1.54) is 11.3 Å². The zero-order chi connectivity index (χ0) is 10.7. The largest absolute Gasteiger partial charge is 0.345 e. The minimum absolute atomic E-state index is 0.0119. The van der Waals surface area contributed by atoms with E-state index in [0.29, 0.717) is 4.88 Å². The predicted molar refractivity (Wildman–Crippen MR) is 66.8 cm³/mol. The molecule has 5 heteroatoms. The number of halogens is 2. The summed E-state index contributed by atoms with van der Waals surface area (Å²) in [6, 6.07) is 1.78. The molecule has 1 heterocycles. The van der Waals surface area contributed by atoms with Gasteiger partial charge in [0.15, 0.2) is 0 Å². The highest BCUT2D eigenvalue weighted by Crippen LogP contribution is 2.32. The average Bonchev–Trinajstić information content (AvgIpc) is 2.47. The molecule has 1 aromatic heterocycles. The third kappa shape index (κ3) is 2.93. The lowest BCUT2D eigenvalue weighted by molar-refractivity contribution is 0.0951. The molecule has 0 aliphatic carbocycles. The Hall–Kier alpha value is -0.130. The summed E-state index contributed by atoms with van der Waals surface area (Å²) in [7, 11) is 0. The second-order valence-corrected chi connectivity index (χ2v) is 5.95. The number of carbonyl (C=O) groups excluding carboxylic acids is 1. The summed E-state index contributed by atoms with van der Waals surface area (Å²) < 4.78 is 1.83. The molecule has 1 N–H and O–H groups in total. The fourth-order valence-corrected chi connectivity index (χ4v) is 2.73. The molecular formula is C9H9Br2NOS. The summed E-state index contributed by atoms with van der Waals surface area (Å²) in [5.74, 6) is -0.0752. The van der Waals surface area contributed by atoms with Gasteiger partial charge in [-0.1, -0.05) is 6.08 Å². The lowest BCUT2D eigenvalue weighted by Gasteiger charge is -2.06. The molecule has 1 unspecified atom stereocenters. The molecule has 1 amide bonds. The molecule has 14 heavy (non-hydrogen) atoms. The first-order valence-corrected chi connectivity index (χ1v) is 6.33. The Balaban J connectivity index is 2.74. The Labute approximate surface area is 104 Å². The van der Waals surface area contributed by atoms with Gasteiger partial charge in [-0.15, -0.1) is 17.9 Å². The van der Waals surface area contributed by atoms with E-state index in [0.717, 1.165) is 8.26 Å². The third-order valence-corrected chi connectivity index (χ3v) is 4.84. The maximum absolute atomic E-state index is 11.6. The van der Waals surface area contributed by atoms with Crippen LogP contribution in [0.25, 0.3) is 0 Å². The highest BCUT2D eigenvalue weighted by Gasteiger charge is 2.12. The van der Waals surface area contributed by atoms with Crippen molar-refractivity contribution in [2.24, 2.45) is 0 Å². The number of carbonyl (C=O) groups is 1. The van der Waals surface area contributed by atoms with Crippen LogP contribution < -0.4 is 5.32 Å². The molecule has 1 aromatic rings. The molecular weight excluding hydrogens is 330 g/mol. The maximum atomic E-state index is 11.6. The lowest BCUT2D eigenvalue weighted by Crippen LogP contribution is -2.30. The van der Waals surface area contributed by atoms with E-state index >= 15 is 0 Å². The summed E-state index contributed by atoms with van der Waals surface area (Å²) in [5, 5.41) is 2.80. The molecule has 0 fully saturated rings. The molecule has 1 rings (SSSR count). The summed E-state index contributed by atoms with van der Waals surface area (Å²) in [5.41, 5.74) is 0. The van der Waals surface area contributed by atoms with Crippen molar-refractivity contribution in [3.63, 3.8) is 0 Å². The number of rotatable bonds is 3. The third-order valence-electron chi connectivity index (χ3n) is 1.58. The van der Waals surface area contributed by atoms with Gasteiger partial charge in [-0.3, -0.25) is 4.79 Å². The summed E-state index contributed by atoms with van der Waals surface area (Å²) >= 11 is 8.07. The van der Waals surface area contributed by atoms with Crippen LogP contribution in [0, 0.1) is 0 Å². The van der Waals surface area contributed by atoms with Gasteiger partial charge in [0.1, 0.15) is 0 Å². The molecule has 0 aromatic carbocycles. The number of hydrogen-bond donors (Lipinski definition) is 1. The highest BCUT2D eigenvalue weighted by atomic mass is 79.9. The topological polar surface area (TPSA) is 29.1 Å². The fourth-order valence-electron chi connectivity index (χ4n) is 0.795. The summed E-state index contributed by atoms with van der Waals surface area (Å²) in [6.07, 6.45) is 1.69. The van der Waals surface area contributed by atoms with Crippen LogP contribution in [0.3, 0.4) is 0 Å². The highest BCUT2D eigenvalue weighted by molar-refractivity contribution is 9.13. The Morgan fingerprint density at radius 2 is 2.36 bits per heavy atom. The van der Waals surface area contributed by atoms with Crippen LogP contribution in [0.5, 0.6) is 0 Å². The van der Waals surface area contributed by atoms with Crippen LogP contribution >= 0.6 is 43.2 Å². The second kappa shape index (κ2) is 5.09. The van der Waals surface area contributed by atoms with Gasteiger partial charge in [-0.25, -0.2) is 0 Å².